The number of nitrogens with one attached hydrogen (secondary N) is 1. The minimum Gasteiger partial charge on any atom is -0.353 e. The molecule has 0 saturated carbocycles. The van der Waals surface area contributed by atoms with Gasteiger partial charge in [-0.2, -0.15) is 0 Å². The molecular weight excluding hydrogens is 348 g/mol. The van der Waals surface area contributed by atoms with E-state index in [2.05, 4.69) is 24.4 Å². The molecule has 4 heteroatoms. The molecule has 1 aliphatic rings. The lowest BCUT2D eigenvalue weighted by Crippen LogP contribution is -2.47. The summed E-state index contributed by atoms with van der Waals surface area (Å²) in [5.74, 6) is 0.0891. The molecule has 1 fully saturated rings. The first-order valence-corrected chi connectivity index (χ1v) is 10.3. The first kappa shape index (κ1) is 20.1. The maximum Gasteiger partial charge on any atom is 0.227 e. The van der Waals surface area contributed by atoms with Gasteiger partial charge in [-0.25, -0.2) is 0 Å². The predicted octanol–water partition coefficient (Wildman–Crippen LogP) is 3.61. The Bertz CT molecular complexity index is 761. The second-order valence-electron chi connectivity index (χ2n) is 7.78. The molecule has 0 aromatic heterocycles. The monoisotopic (exact) mass is 378 g/mol. The third-order valence-electron chi connectivity index (χ3n) is 5.44. The van der Waals surface area contributed by atoms with Gasteiger partial charge in [-0.3, -0.25) is 9.59 Å². The van der Waals surface area contributed by atoms with Gasteiger partial charge in [-0.15, -0.1) is 0 Å². The quantitative estimate of drug-likeness (QED) is 0.800. The van der Waals surface area contributed by atoms with Crippen molar-refractivity contribution in [2.24, 2.45) is 5.92 Å². The summed E-state index contributed by atoms with van der Waals surface area (Å²) in [5.41, 5.74) is 2.31. The van der Waals surface area contributed by atoms with E-state index in [0.29, 0.717) is 13.0 Å². The minimum atomic E-state index is -0.104. The molecule has 1 saturated heterocycles. The Hall–Kier alpha value is -2.62. The smallest absolute Gasteiger partial charge is 0.227 e. The van der Waals surface area contributed by atoms with Crippen molar-refractivity contribution in [1.82, 2.24) is 10.2 Å². The summed E-state index contributed by atoms with van der Waals surface area (Å²) in [6.07, 6.45) is 4.01. The number of benzene rings is 2. The summed E-state index contributed by atoms with van der Waals surface area (Å²) in [6.45, 7) is 3.34. The Morgan fingerprint density at radius 2 is 1.68 bits per heavy atom. The number of likely N-dealkylation sites (tertiary alicyclic amines) is 1. The largest absolute Gasteiger partial charge is 0.353 e. The van der Waals surface area contributed by atoms with Crippen LogP contribution < -0.4 is 5.32 Å². The van der Waals surface area contributed by atoms with E-state index in [1.165, 1.54) is 5.56 Å². The molecule has 0 spiro atoms. The highest BCUT2D eigenvalue weighted by molar-refractivity contribution is 5.82. The topological polar surface area (TPSA) is 49.4 Å². The number of carbonyl (C=O) groups excluding carboxylic acids is 2. The van der Waals surface area contributed by atoms with Gasteiger partial charge in [0.15, 0.2) is 0 Å². The predicted molar refractivity (Wildman–Crippen MR) is 112 cm³/mol. The molecular formula is C24H30N2O2. The first-order valence-electron chi connectivity index (χ1n) is 10.3. The third kappa shape index (κ3) is 5.95. The van der Waals surface area contributed by atoms with Crippen LogP contribution in [-0.4, -0.2) is 35.8 Å². The van der Waals surface area contributed by atoms with E-state index in [0.717, 1.165) is 37.8 Å². The summed E-state index contributed by atoms with van der Waals surface area (Å²) in [4.78, 5) is 27.2. The van der Waals surface area contributed by atoms with Crippen molar-refractivity contribution in [2.45, 2.75) is 45.1 Å². The average Bonchev–Trinajstić information content (AvgIpc) is 2.74. The Labute approximate surface area is 167 Å². The Kier molecular flexibility index (Phi) is 7.24. The highest BCUT2D eigenvalue weighted by atomic mass is 16.2. The molecule has 28 heavy (non-hydrogen) atoms. The Balaban J connectivity index is 1.46. The van der Waals surface area contributed by atoms with E-state index in [9.17, 15) is 9.59 Å². The number of hydrogen-bond acceptors (Lipinski definition) is 2. The first-order chi connectivity index (χ1) is 13.6. The lowest BCUT2D eigenvalue weighted by Gasteiger charge is -2.32. The van der Waals surface area contributed by atoms with Crippen molar-refractivity contribution >= 4 is 11.8 Å². The summed E-state index contributed by atoms with van der Waals surface area (Å²) >= 11 is 0. The summed E-state index contributed by atoms with van der Waals surface area (Å²) < 4.78 is 0. The number of nitrogens with zero attached hydrogens (tertiary/aromatic N) is 1. The molecule has 2 atom stereocenters. The molecule has 1 heterocycles. The van der Waals surface area contributed by atoms with Gasteiger partial charge in [0, 0.05) is 19.1 Å². The van der Waals surface area contributed by atoms with Crippen LogP contribution >= 0.6 is 0 Å². The molecule has 1 N–H and O–H groups in total. The van der Waals surface area contributed by atoms with Crippen molar-refractivity contribution in [3.05, 3.63) is 71.8 Å². The van der Waals surface area contributed by atoms with Crippen LogP contribution in [-0.2, 0) is 22.4 Å². The molecule has 2 unspecified atom stereocenters. The number of piperidine rings is 1. The molecule has 0 aliphatic carbocycles. The fourth-order valence-electron chi connectivity index (χ4n) is 3.76. The fraction of sp³-hybridized carbons (Fsp3) is 0.417. The Morgan fingerprint density at radius 3 is 2.36 bits per heavy atom. The van der Waals surface area contributed by atoms with Crippen molar-refractivity contribution in [1.29, 1.82) is 0 Å². The molecule has 3 rings (SSSR count). The summed E-state index contributed by atoms with van der Waals surface area (Å²) in [5, 5.41) is 3.15. The van der Waals surface area contributed by atoms with Crippen molar-refractivity contribution in [2.75, 3.05) is 13.1 Å². The standard InChI is InChI=1S/C24H30N2O2/c1-19(14-15-20-9-4-2-5-10-20)25-24(28)22-13-8-16-26(18-22)23(27)17-21-11-6-3-7-12-21/h2-7,9-12,19,22H,8,13-18H2,1H3,(H,25,28). The zero-order chi connectivity index (χ0) is 19.8. The van der Waals surface area contributed by atoms with Gasteiger partial charge in [0.1, 0.15) is 0 Å². The third-order valence-corrected chi connectivity index (χ3v) is 5.44. The van der Waals surface area contributed by atoms with Gasteiger partial charge in [0.2, 0.25) is 11.8 Å². The van der Waals surface area contributed by atoms with Crippen LogP contribution in [0.3, 0.4) is 0 Å². The Morgan fingerprint density at radius 1 is 1.04 bits per heavy atom. The number of rotatable bonds is 7. The lowest BCUT2D eigenvalue weighted by atomic mass is 9.95. The molecule has 2 amide bonds. The highest BCUT2D eigenvalue weighted by Gasteiger charge is 2.28. The molecule has 2 aromatic carbocycles. The number of carbonyl (C=O) groups is 2. The van der Waals surface area contributed by atoms with Gasteiger partial charge >= 0.3 is 0 Å². The van der Waals surface area contributed by atoms with Crippen LogP contribution in [0.15, 0.2) is 60.7 Å². The molecule has 148 valence electrons. The van der Waals surface area contributed by atoms with Crippen LogP contribution in [0.5, 0.6) is 0 Å². The zero-order valence-electron chi connectivity index (χ0n) is 16.6. The second-order valence-corrected chi connectivity index (χ2v) is 7.78. The van der Waals surface area contributed by atoms with Crippen molar-refractivity contribution in [3.8, 4) is 0 Å². The summed E-state index contributed by atoms with van der Waals surface area (Å²) in [7, 11) is 0. The number of hydrogen-bond donors (Lipinski definition) is 1. The lowest BCUT2D eigenvalue weighted by molar-refractivity contribution is -0.135. The van der Waals surface area contributed by atoms with E-state index in [1.807, 2.05) is 53.4 Å². The highest BCUT2D eigenvalue weighted by Crippen LogP contribution is 2.18. The van der Waals surface area contributed by atoms with Gasteiger partial charge in [-0.1, -0.05) is 60.7 Å². The van der Waals surface area contributed by atoms with Gasteiger partial charge in [0.25, 0.3) is 0 Å². The van der Waals surface area contributed by atoms with E-state index in [-0.39, 0.29) is 23.8 Å². The van der Waals surface area contributed by atoms with Crippen LogP contribution in [0, 0.1) is 5.92 Å². The maximum atomic E-state index is 12.7. The van der Waals surface area contributed by atoms with Gasteiger partial charge in [0.05, 0.1) is 12.3 Å². The molecule has 0 bridgehead atoms. The molecule has 2 aromatic rings. The van der Waals surface area contributed by atoms with Crippen molar-refractivity contribution < 1.29 is 9.59 Å². The van der Waals surface area contributed by atoms with Gasteiger partial charge in [-0.05, 0) is 43.7 Å². The van der Waals surface area contributed by atoms with E-state index < -0.39 is 0 Å². The normalized spacial score (nSPS) is 17.8. The van der Waals surface area contributed by atoms with Crippen LogP contribution in [0.1, 0.15) is 37.3 Å². The van der Waals surface area contributed by atoms with Crippen LogP contribution in [0.2, 0.25) is 0 Å². The van der Waals surface area contributed by atoms with Gasteiger partial charge < -0.3 is 10.2 Å². The van der Waals surface area contributed by atoms with Crippen LogP contribution in [0.25, 0.3) is 0 Å². The number of aryl methyl sites for hydroxylation is 1. The van der Waals surface area contributed by atoms with E-state index in [4.69, 9.17) is 0 Å². The molecule has 1 aliphatic heterocycles. The minimum absolute atomic E-state index is 0.0813. The fourth-order valence-corrected chi connectivity index (χ4v) is 3.76. The average molecular weight is 379 g/mol. The SMILES string of the molecule is CC(CCc1ccccc1)NC(=O)C1CCCN(C(=O)Cc2ccccc2)C1. The van der Waals surface area contributed by atoms with E-state index >= 15 is 0 Å². The van der Waals surface area contributed by atoms with Crippen LogP contribution in [0.4, 0.5) is 0 Å². The zero-order valence-corrected chi connectivity index (χ0v) is 16.6. The summed E-state index contributed by atoms with van der Waals surface area (Å²) in [6, 6.07) is 20.3. The number of amides is 2. The molecule has 0 radical (unpaired) electrons. The maximum absolute atomic E-state index is 12.7. The van der Waals surface area contributed by atoms with Crippen molar-refractivity contribution in [3.63, 3.8) is 0 Å². The van der Waals surface area contributed by atoms with E-state index in [1.54, 1.807) is 0 Å². The molecule has 4 nitrogen and oxygen atoms in total. The second kappa shape index (κ2) is 10.1.